The molecule has 3 N–H and O–H groups in total. The molecule has 2 heterocycles. The van der Waals surface area contributed by atoms with Gasteiger partial charge in [0.25, 0.3) is 5.91 Å². The summed E-state index contributed by atoms with van der Waals surface area (Å²) in [7, 11) is 3.12. The molecule has 4 rings (SSSR count). The summed E-state index contributed by atoms with van der Waals surface area (Å²) in [4.78, 5) is 29.1. The Labute approximate surface area is 189 Å². The van der Waals surface area contributed by atoms with Crippen LogP contribution < -0.4 is 20.7 Å². The zero-order valence-corrected chi connectivity index (χ0v) is 17.8. The second-order valence-electron chi connectivity index (χ2n) is 7.40. The van der Waals surface area contributed by atoms with Gasteiger partial charge in [0.05, 0.1) is 43.4 Å². The smallest absolute Gasteiger partial charge is 0.254 e. The highest BCUT2D eigenvalue weighted by Crippen LogP contribution is 2.37. The van der Waals surface area contributed by atoms with Crippen LogP contribution >= 0.6 is 0 Å². The molecule has 2 amide bonds. The number of hydrogen-bond acceptors (Lipinski definition) is 7. The number of fused-ring (bicyclic) bond motifs is 1. The molecule has 0 atom stereocenters. The lowest BCUT2D eigenvalue weighted by Crippen LogP contribution is -2.20. The highest BCUT2D eigenvalue weighted by molar-refractivity contribution is 6.02. The van der Waals surface area contributed by atoms with E-state index in [0.717, 1.165) is 23.7 Å². The lowest BCUT2D eigenvalue weighted by molar-refractivity contribution is -0.117. The molecule has 1 aliphatic carbocycles. The average molecular weight is 442 g/mol. The monoisotopic (exact) mass is 441 g/mol. The third kappa shape index (κ3) is 4.35. The Hall–Kier alpha value is -3.66. The Morgan fingerprint density at radius 2 is 2.09 bits per heavy atom. The van der Waals surface area contributed by atoms with Crippen molar-refractivity contribution in [2.24, 2.45) is 5.92 Å². The number of amides is 2. The molecule has 10 heteroatoms. The molecule has 10 nitrogen and oxygen atoms in total. The van der Waals surface area contributed by atoms with Crippen LogP contribution in [0.25, 0.3) is 10.9 Å². The first-order chi connectivity index (χ1) is 16.7. The van der Waals surface area contributed by atoms with E-state index in [0.29, 0.717) is 24.6 Å². The predicted octanol–water partition coefficient (Wildman–Crippen LogP) is 2.54. The van der Waals surface area contributed by atoms with E-state index in [1.165, 1.54) is 19.4 Å². The third-order valence-corrected chi connectivity index (χ3v) is 5.20. The van der Waals surface area contributed by atoms with Gasteiger partial charge < -0.3 is 25.4 Å². The standard InChI is InChI=1S/C22H26N6O4/c1-23-22(30)15-12-24-18(27-21(29)13-4-5-13)10-17(15)26-16-7-6-14-11-25-28(8-9-31-2)19(14)20(16)32-3/h6-7,10-13H,4-5,8-9H2,1-3H3,(H,23,30)(H2,24,26,27,29)/i1D3. The topological polar surface area (TPSA) is 119 Å². The van der Waals surface area contributed by atoms with E-state index in [2.05, 4.69) is 20.7 Å². The maximum Gasteiger partial charge on any atom is 0.254 e. The normalized spacial score (nSPS) is 14.9. The van der Waals surface area contributed by atoms with Crippen molar-refractivity contribution in [1.82, 2.24) is 20.1 Å². The van der Waals surface area contributed by atoms with E-state index in [1.807, 2.05) is 11.4 Å². The van der Waals surface area contributed by atoms with Gasteiger partial charge in [-0.3, -0.25) is 14.3 Å². The Kier molecular flexibility index (Phi) is 5.18. The Bertz CT molecular complexity index is 1260. The van der Waals surface area contributed by atoms with Gasteiger partial charge >= 0.3 is 0 Å². The first-order valence-corrected chi connectivity index (χ1v) is 10.1. The fraction of sp³-hybridized carbons (Fsp3) is 0.364. The van der Waals surface area contributed by atoms with Gasteiger partial charge in [-0.05, 0) is 25.0 Å². The summed E-state index contributed by atoms with van der Waals surface area (Å²) in [5.41, 5.74) is 1.46. The fourth-order valence-electron chi connectivity index (χ4n) is 3.39. The molecule has 1 fully saturated rings. The summed E-state index contributed by atoms with van der Waals surface area (Å²) in [6.07, 6.45) is 4.58. The van der Waals surface area contributed by atoms with Gasteiger partial charge in [0.1, 0.15) is 11.3 Å². The molecular weight excluding hydrogens is 412 g/mol. The largest absolute Gasteiger partial charge is 0.492 e. The highest BCUT2D eigenvalue weighted by Gasteiger charge is 2.30. The average Bonchev–Trinajstić information content (AvgIpc) is 3.57. The Morgan fingerprint density at radius 3 is 2.81 bits per heavy atom. The van der Waals surface area contributed by atoms with Crippen LogP contribution in [0, 0.1) is 5.92 Å². The van der Waals surface area contributed by atoms with Gasteiger partial charge in [-0.25, -0.2) is 4.98 Å². The molecule has 0 radical (unpaired) electrons. The molecule has 1 aliphatic rings. The molecule has 32 heavy (non-hydrogen) atoms. The molecule has 2 aromatic heterocycles. The minimum Gasteiger partial charge on any atom is -0.492 e. The number of carbonyl (C=O) groups is 2. The number of rotatable bonds is 9. The van der Waals surface area contributed by atoms with Crippen molar-refractivity contribution in [3.63, 3.8) is 0 Å². The van der Waals surface area contributed by atoms with Crippen molar-refractivity contribution < 1.29 is 23.2 Å². The summed E-state index contributed by atoms with van der Waals surface area (Å²) in [5, 5.41) is 13.1. The molecule has 0 bridgehead atoms. The second kappa shape index (κ2) is 9.23. The quantitative estimate of drug-likeness (QED) is 0.467. The molecule has 0 aliphatic heterocycles. The fourth-order valence-corrected chi connectivity index (χ4v) is 3.39. The van der Waals surface area contributed by atoms with Gasteiger partial charge in [0.15, 0.2) is 5.75 Å². The van der Waals surface area contributed by atoms with Crippen molar-refractivity contribution in [3.05, 3.63) is 36.2 Å². The number of benzene rings is 1. The van der Waals surface area contributed by atoms with E-state index in [9.17, 15) is 9.59 Å². The summed E-state index contributed by atoms with van der Waals surface area (Å²) in [6.45, 7) is -1.73. The first-order valence-electron chi connectivity index (χ1n) is 11.6. The highest BCUT2D eigenvalue weighted by atomic mass is 16.5. The van der Waals surface area contributed by atoms with Crippen LogP contribution in [0.2, 0.25) is 0 Å². The summed E-state index contributed by atoms with van der Waals surface area (Å²) in [5.74, 6) is -0.324. The van der Waals surface area contributed by atoms with Crippen molar-refractivity contribution in [2.75, 3.05) is 38.4 Å². The van der Waals surface area contributed by atoms with E-state index in [4.69, 9.17) is 13.6 Å². The molecule has 1 aromatic carbocycles. The molecule has 168 valence electrons. The Morgan fingerprint density at radius 1 is 1.25 bits per heavy atom. The molecular formula is C22H26N6O4. The summed E-state index contributed by atoms with van der Waals surface area (Å²) < 4.78 is 34.7. The zero-order chi connectivity index (χ0) is 25.2. The van der Waals surface area contributed by atoms with Crippen molar-refractivity contribution >= 4 is 39.9 Å². The van der Waals surface area contributed by atoms with Gasteiger partial charge in [0.2, 0.25) is 5.91 Å². The summed E-state index contributed by atoms with van der Waals surface area (Å²) >= 11 is 0. The molecule has 0 unspecified atom stereocenters. The van der Waals surface area contributed by atoms with Crippen LogP contribution in [0.3, 0.4) is 0 Å². The SMILES string of the molecule is [2H]C([2H])([2H])NC(=O)c1cnc(NC(=O)C2CC2)cc1Nc1ccc2cnn(CCOC)c2c1OC. The maximum absolute atomic E-state index is 12.7. The van der Waals surface area contributed by atoms with Gasteiger partial charge in [-0.2, -0.15) is 5.10 Å². The number of nitrogens with one attached hydrogen (secondary N) is 3. The van der Waals surface area contributed by atoms with Crippen molar-refractivity contribution in [2.45, 2.75) is 19.4 Å². The van der Waals surface area contributed by atoms with Crippen molar-refractivity contribution in [1.29, 1.82) is 0 Å². The third-order valence-electron chi connectivity index (χ3n) is 5.20. The molecule has 0 spiro atoms. The van der Waals surface area contributed by atoms with Crippen LogP contribution in [-0.4, -0.2) is 54.4 Å². The van der Waals surface area contributed by atoms with Crippen LogP contribution in [-0.2, 0) is 16.1 Å². The van der Waals surface area contributed by atoms with E-state index in [1.54, 1.807) is 24.1 Å². The van der Waals surface area contributed by atoms with Crippen molar-refractivity contribution in [3.8, 4) is 5.75 Å². The van der Waals surface area contributed by atoms with Crippen LogP contribution in [0.1, 0.15) is 27.3 Å². The minimum atomic E-state index is -2.68. The van der Waals surface area contributed by atoms with Crippen LogP contribution in [0.15, 0.2) is 30.6 Å². The molecule has 0 saturated heterocycles. The number of ether oxygens (including phenoxy) is 2. The maximum atomic E-state index is 12.7. The lowest BCUT2D eigenvalue weighted by atomic mass is 10.1. The van der Waals surface area contributed by atoms with Gasteiger partial charge in [0, 0.05) is 41.8 Å². The molecule has 1 saturated carbocycles. The number of nitrogens with zero attached hydrogens (tertiary/aromatic N) is 3. The molecule has 3 aromatic rings. The lowest BCUT2D eigenvalue weighted by Gasteiger charge is -2.16. The van der Waals surface area contributed by atoms with E-state index in [-0.39, 0.29) is 28.9 Å². The van der Waals surface area contributed by atoms with Crippen LogP contribution in [0.5, 0.6) is 5.75 Å². The zero-order valence-electron chi connectivity index (χ0n) is 20.8. The van der Waals surface area contributed by atoms with Gasteiger partial charge in [-0.1, -0.05) is 0 Å². The number of aromatic nitrogens is 3. The van der Waals surface area contributed by atoms with E-state index < -0.39 is 12.9 Å². The number of hydrogen-bond donors (Lipinski definition) is 3. The number of pyridine rings is 1. The Balaban J connectivity index is 1.73. The van der Waals surface area contributed by atoms with Crippen LogP contribution in [0.4, 0.5) is 17.2 Å². The number of anilines is 3. The second-order valence-corrected chi connectivity index (χ2v) is 7.40. The van der Waals surface area contributed by atoms with E-state index >= 15 is 0 Å². The summed E-state index contributed by atoms with van der Waals surface area (Å²) in [6, 6.07) is 5.09. The minimum absolute atomic E-state index is 0.0133. The number of carbonyl (C=O) groups excluding carboxylic acids is 2. The first kappa shape index (κ1) is 18.0. The number of methoxy groups -OCH3 is 2. The van der Waals surface area contributed by atoms with Gasteiger partial charge in [-0.15, -0.1) is 0 Å². The predicted molar refractivity (Wildman–Crippen MR) is 120 cm³/mol.